The van der Waals surface area contributed by atoms with Gasteiger partial charge in [0.05, 0.1) is 31.1 Å². The molecule has 0 aliphatic carbocycles. The summed E-state index contributed by atoms with van der Waals surface area (Å²) >= 11 is 9.91. The quantitative estimate of drug-likeness (QED) is 0.174. The van der Waals surface area contributed by atoms with E-state index in [2.05, 4.69) is 54.0 Å². The first-order valence-electron chi connectivity index (χ1n) is 8.10. The van der Waals surface area contributed by atoms with Gasteiger partial charge in [0.25, 0.3) is 5.91 Å². The molecule has 28 heavy (non-hydrogen) atoms. The Labute approximate surface area is 187 Å². The van der Waals surface area contributed by atoms with Gasteiger partial charge in [-0.05, 0) is 61.7 Å². The lowest BCUT2D eigenvalue weighted by Gasteiger charge is -2.09. The number of carbonyl (C=O) groups excluding carboxylic acids is 1. The number of thiazole rings is 1. The second kappa shape index (κ2) is 10.2. The highest BCUT2D eigenvalue weighted by molar-refractivity contribution is 9.11. The zero-order valence-corrected chi connectivity index (χ0v) is 19.3. The molecule has 3 rings (SSSR count). The van der Waals surface area contributed by atoms with Crippen molar-refractivity contribution in [3.05, 3.63) is 63.6 Å². The molecule has 0 bridgehead atoms. The van der Waals surface area contributed by atoms with Crippen LogP contribution in [0.4, 0.5) is 0 Å². The van der Waals surface area contributed by atoms with Crippen molar-refractivity contribution in [2.24, 2.45) is 5.10 Å². The lowest BCUT2D eigenvalue weighted by molar-refractivity contribution is -0.118. The van der Waals surface area contributed by atoms with Gasteiger partial charge in [-0.1, -0.05) is 36.5 Å². The molecule has 0 radical (unpaired) electrons. The summed E-state index contributed by atoms with van der Waals surface area (Å²) in [6, 6.07) is 11.6. The van der Waals surface area contributed by atoms with Crippen LogP contribution in [0, 0.1) is 0 Å². The van der Waals surface area contributed by atoms with Crippen molar-refractivity contribution >= 4 is 77.3 Å². The van der Waals surface area contributed by atoms with E-state index in [1.165, 1.54) is 11.8 Å². The molecule has 1 N–H and O–H groups in total. The van der Waals surface area contributed by atoms with Gasteiger partial charge >= 0.3 is 0 Å². The SMILES string of the molecule is C=CCOc1c(Br)cc(/C=N/NC(=O)CSc2nc3ccccc3s2)cc1Br. The first-order valence-corrected chi connectivity index (χ1v) is 11.5. The van der Waals surface area contributed by atoms with Crippen LogP contribution in [0.5, 0.6) is 5.75 Å². The number of nitrogens with one attached hydrogen (secondary N) is 1. The minimum atomic E-state index is -0.190. The molecule has 3 aromatic rings. The fourth-order valence-electron chi connectivity index (χ4n) is 2.19. The molecule has 5 nitrogen and oxygen atoms in total. The third-order valence-corrected chi connectivity index (χ3v) is 6.73. The summed E-state index contributed by atoms with van der Waals surface area (Å²) in [7, 11) is 0. The van der Waals surface area contributed by atoms with E-state index in [9.17, 15) is 4.79 Å². The molecule has 1 aromatic heterocycles. The molecule has 0 aliphatic heterocycles. The molecule has 0 spiro atoms. The number of carbonyl (C=O) groups is 1. The molecule has 9 heteroatoms. The Bertz CT molecular complexity index is 981. The van der Waals surface area contributed by atoms with Crippen molar-refractivity contribution in [1.29, 1.82) is 0 Å². The van der Waals surface area contributed by atoms with E-state index in [-0.39, 0.29) is 11.7 Å². The van der Waals surface area contributed by atoms with E-state index in [1.807, 2.05) is 36.4 Å². The number of rotatable bonds is 8. The number of para-hydroxylation sites is 1. The number of hydrazone groups is 1. The summed E-state index contributed by atoms with van der Waals surface area (Å²) in [4.78, 5) is 16.5. The number of fused-ring (bicyclic) bond motifs is 1. The van der Waals surface area contributed by atoms with Gasteiger partial charge in [-0.25, -0.2) is 10.4 Å². The van der Waals surface area contributed by atoms with Crippen molar-refractivity contribution in [2.45, 2.75) is 4.34 Å². The number of hydrogen-bond acceptors (Lipinski definition) is 6. The number of amides is 1. The highest BCUT2D eigenvalue weighted by atomic mass is 79.9. The van der Waals surface area contributed by atoms with E-state index in [0.717, 1.165) is 29.1 Å². The summed E-state index contributed by atoms with van der Waals surface area (Å²) in [5, 5.41) is 4.02. The summed E-state index contributed by atoms with van der Waals surface area (Å²) < 4.78 is 9.11. The van der Waals surface area contributed by atoms with Crippen LogP contribution in [0.3, 0.4) is 0 Å². The number of ether oxygens (including phenoxy) is 1. The Morgan fingerprint density at radius 2 is 2.07 bits per heavy atom. The maximum atomic E-state index is 12.0. The van der Waals surface area contributed by atoms with E-state index in [4.69, 9.17) is 4.74 Å². The lowest BCUT2D eigenvalue weighted by Crippen LogP contribution is -2.19. The van der Waals surface area contributed by atoms with Gasteiger partial charge in [0, 0.05) is 0 Å². The summed E-state index contributed by atoms with van der Waals surface area (Å²) in [6.45, 7) is 4.04. The third kappa shape index (κ3) is 5.66. The standard InChI is InChI=1S/C19H15Br2N3O2S2/c1-2-7-26-18-13(20)8-12(9-14(18)21)10-22-24-17(25)11-27-19-23-15-5-3-4-6-16(15)28-19/h2-6,8-10H,1,7,11H2,(H,24,25)/b22-10+. The molecule has 144 valence electrons. The Morgan fingerprint density at radius 1 is 1.32 bits per heavy atom. The molecule has 0 atom stereocenters. The monoisotopic (exact) mass is 539 g/mol. The maximum absolute atomic E-state index is 12.0. The molecule has 0 saturated heterocycles. The summed E-state index contributed by atoms with van der Waals surface area (Å²) in [5.41, 5.74) is 4.29. The summed E-state index contributed by atoms with van der Waals surface area (Å²) in [6.07, 6.45) is 3.25. The predicted molar refractivity (Wildman–Crippen MR) is 124 cm³/mol. The van der Waals surface area contributed by atoms with Crippen LogP contribution in [-0.2, 0) is 4.79 Å². The first kappa shape index (κ1) is 21.0. The molecule has 1 heterocycles. The average Bonchev–Trinajstić information content (AvgIpc) is 3.09. The van der Waals surface area contributed by atoms with Gasteiger partial charge < -0.3 is 4.74 Å². The van der Waals surface area contributed by atoms with Gasteiger partial charge in [0.2, 0.25) is 0 Å². The van der Waals surface area contributed by atoms with Gasteiger partial charge in [-0.2, -0.15) is 5.10 Å². The minimum Gasteiger partial charge on any atom is -0.487 e. The molecular formula is C19H15Br2N3O2S2. The second-order valence-corrected chi connectivity index (χ2v) is 9.40. The number of aromatic nitrogens is 1. The van der Waals surface area contributed by atoms with Crippen LogP contribution in [-0.4, -0.2) is 29.5 Å². The number of hydrogen-bond donors (Lipinski definition) is 1. The van der Waals surface area contributed by atoms with Crippen LogP contribution in [0.25, 0.3) is 10.2 Å². The average molecular weight is 541 g/mol. The highest BCUT2D eigenvalue weighted by Gasteiger charge is 2.09. The van der Waals surface area contributed by atoms with E-state index >= 15 is 0 Å². The number of benzene rings is 2. The van der Waals surface area contributed by atoms with Gasteiger partial charge in [-0.3, -0.25) is 4.79 Å². The molecule has 0 aliphatic rings. The normalized spacial score (nSPS) is 11.1. The van der Waals surface area contributed by atoms with Crippen LogP contribution >= 0.6 is 55.0 Å². The topological polar surface area (TPSA) is 63.6 Å². The molecule has 0 fully saturated rings. The van der Waals surface area contributed by atoms with Gasteiger partial charge in [0.1, 0.15) is 12.4 Å². The van der Waals surface area contributed by atoms with Crippen molar-refractivity contribution in [2.75, 3.05) is 12.4 Å². The fraction of sp³-hybridized carbons (Fsp3) is 0.105. The van der Waals surface area contributed by atoms with Crippen molar-refractivity contribution in [1.82, 2.24) is 10.4 Å². The number of thioether (sulfide) groups is 1. The smallest absolute Gasteiger partial charge is 0.250 e. The lowest BCUT2D eigenvalue weighted by atomic mass is 10.2. The zero-order valence-electron chi connectivity index (χ0n) is 14.5. The molecule has 0 saturated carbocycles. The Kier molecular flexibility index (Phi) is 7.66. The van der Waals surface area contributed by atoms with Crippen molar-refractivity contribution in [3.63, 3.8) is 0 Å². The molecular weight excluding hydrogens is 526 g/mol. The van der Waals surface area contributed by atoms with E-state index in [1.54, 1.807) is 23.6 Å². The van der Waals surface area contributed by atoms with Crippen LogP contribution in [0.1, 0.15) is 5.56 Å². The van der Waals surface area contributed by atoms with Crippen LogP contribution in [0.2, 0.25) is 0 Å². The predicted octanol–water partition coefficient (Wildman–Crippen LogP) is 5.63. The van der Waals surface area contributed by atoms with Crippen LogP contribution in [0.15, 0.2) is 67.4 Å². The fourth-order valence-corrected chi connectivity index (χ4v) is 5.50. The highest BCUT2D eigenvalue weighted by Crippen LogP contribution is 2.34. The largest absolute Gasteiger partial charge is 0.487 e. The summed E-state index contributed by atoms with van der Waals surface area (Å²) in [5.74, 6) is 0.747. The number of halogens is 2. The molecule has 2 aromatic carbocycles. The van der Waals surface area contributed by atoms with Crippen LogP contribution < -0.4 is 10.2 Å². The van der Waals surface area contributed by atoms with Gasteiger partial charge in [-0.15, -0.1) is 11.3 Å². The Morgan fingerprint density at radius 3 is 2.79 bits per heavy atom. The number of nitrogens with zero attached hydrogens (tertiary/aromatic N) is 2. The van der Waals surface area contributed by atoms with E-state index < -0.39 is 0 Å². The first-order chi connectivity index (χ1) is 13.6. The molecule has 0 unspecified atom stereocenters. The van der Waals surface area contributed by atoms with Crippen molar-refractivity contribution < 1.29 is 9.53 Å². The second-order valence-electron chi connectivity index (χ2n) is 5.44. The Balaban J connectivity index is 1.53. The third-order valence-electron chi connectivity index (χ3n) is 3.37. The maximum Gasteiger partial charge on any atom is 0.250 e. The van der Waals surface area contributed by atoms with E-state index in [0.29, 0.717) is 12.4 Å². The van der Waals surface area contributed by atoms with Crippen molar-refractivity contribution in [3.8, 4) is 5.75 Å². The zero-order chi connectivity index (χ0) is 19.9. The molecule has 1 amide bonds. The van der Waals surface area contributed by atoms with Gasteiger partial charge in [0.15, 0.2) is 4.34 Å². The minimum absolute atomic E-state index is 0.190. The Hall–Kier alpha value is -1.68.